The van der Waals surface area contributed by atoms with Crippen molar-refractivity contribution in [3.63, 3.8) is 0 Å². The first-order valence-electron chi connectivity index (χ1n) is 12.4. The first kappa shape index (κ1) is 30.0. The maximum atomic E-state index is 13.4. The lowest BCUT2D eigenvalue weighted by molar-refractivity contribution is -0.134. The summed E-state index contributed by atoms with van der Waals surface area (Å²) in [6.45, 7) is 9.09. The number of hydrogen-bond acceptors (Lipinski definition) is 5. The summed E-state index contributed by atoms with van der Waals surface area (Å²) in [5.74, 6) is -2.85. The van der Waals surface area contributed by atoms with Gasteiger partial charge in [0.05, 0.1) is 6.04 Å². The summed E-state index contributed by atoms with van der Waals surface area (Å²) < 4.78 is 0. The SMILES string of the molecule is CC[C@H](C)[C@H](NC(C)=O)C(=O)C[C@H](C(=O)C[C@@H](Cc1ccccc1)C(=O)NCCC(N)=O)C(C)C. The highest BCUT2D eigenvalue weighted by molar-refractivity contribution is 5.94. The lowest BCUT2D eigenvalue weighted by Gasteiger charge is -2.27. The van der Waals surface area contributed by atoms with Crippen LogP contribution in [0.2, 0.25) is 0 Å². The fourth-order valence-electron chi connectivity index (χ4n) is 4.06. The number of rotatable bonds is 16. The van der Waals surface area contributed by atoms with E-state index < -0.39 is 23.8 Å². The second-order valence-corrected chi connectivity index (χ2v) is 9.65. The van der Waals surface area contributed by atoms with Gasteiger partial charge in [-0.3, -0.25) is 24.0 Å². The Kier molecular flexibility index (Phi) is 12.9. The number of primary amides is 1. The number of carbonyl (C=O) groups excluding carboxylic acids is 5. The van der Waals surface area contributed by atoms with Gasteiger partial charge in [0.15, 0.2) is 5.78 Å². The molecule has 1 aromatic rings. The van der Waals surface area contributed by atoms with Crippen LogP contribution in [0.25, 0.3) is 0 Å². The average molecular weight is 488 g/mol. The number of Topliss-reactive ketones (excluding diaryl/α,β-unsaturated/α-hetero) is 2. The van der Waals surface area contributed by atoms with Gasteiger partial charge in [-0.2, -0.15) is 0 Å². The molecular formula is C27H41N3O5. The van der Waals surface area contributed by atoms with Gasteiger partial charge in [-0.25, -0.2) is 0 Å². The highest BCUT2D eigenvalue weighted by Gasteiger charge is 2.33. The lowest BCUT2D eigenvalue weighted by Crippen LogP contribution is -2.45. The smallest absolute Gasteiger partial charge is 0.223 e. The maximum Gasteiger partial charge on any atom is 0.223 e. The topological polar surface area (TPSA) is 135 Å². The number of amides is 3. The summed E-state index contributed by atoms with van der Waals surface area (Å²) in [6.07, 6.45) is 1.06. The molecule has 1 aromatic carbocycles. The van der Waals surface area contributed by atoms with E-state index in [0.717, 1.165) is 5.56 Å². The summed E-state index contributed by atoms with van der Waals surface area (Å²) in [5, 5.41) is 5.44. The molecule has 0 aliphatic carbocycles. The van der Waals surface area contributed by atoms with E-state index in [1.54, 1.807) is 0 Å². The fourth-order valence-corrected chi connectivity index (χ4v) is 4.06. The van der Waals surface area contributed by atoms with Gasteiger partial charge in [0.1, 0.15) is 5.78 Å². The van der Waals surface area contributed by atoms with Crippen molar-refractivity contribution < 1.29 is 24.0 Å². The molecule has 4 atom stereocenters. The van der Waals surface area contributed by atoms with E-state index in [4.69, 9.17) is 5.73 Å². The highest BCUT2D eigenvalue weighted by Crippen LogP contribution is 2.25. The Morgan fingerprint density at radius 2 is 1.57 bits per heavy atom. The predicted molar refractivity (Wildman–Crippen MR) is 135 cm³/mol. The van der Waals surface area contributed by atoms with Crippen LogP contribution in [0.5, 0.6) is 0 Å². The Balaban J connectivity index is 3.04. The van der Waals surface area contributed by atoms with Gasteiger partial charge < -0.3 is 16.4 Å². The van der Waals surface area contributed by atoms with Crippen molar-refractivity contribution >= 4 is 29.3 Å². The van der Waals surface area contributed by atoms with Crippen LogP contribution in [0, 0.1) is 23.7 Å². The van der Waals surface area contributed by atoms with Crippen LogP contribution < -0.4 is 16.4 Å². The second-order valence-electron chi connectivity index (χ2n) is 9.65. The van der Waals surface area contributed by atoms with Crippen molar-refractivity contribution in [2.75, 3.05) is 6.54 Å². The molecule has 8 heteroatoms. The summed E-state index contributed by atoms with van der Waals surface area (Å²) in [6, 6.07) is 8.74. The normalized spacial score (nSPS) is 14.5. The third-order valence-corrected chi connectivity index (χ3v) is 6.37. The molecule has 0 aromatic heterocycles. The van der Waals surface area contributed by atoms with E-state index in [2.05, 4.69) is 10.6 Å². The average Bonchev–Trinajstić information content (AvgIpc) is 2.79. The number of ketones is 2. The second kappa shape index (κ2) is 15.1. The standard InChI is InChI=1S/C27H41N3O5/c1-6-18(4)26(30-19(5)31)24(33)16-22(17(2)3)23(32)15-21(14-20-10-8-7-9-11-20)27(35)29-13-12-25(28)34/h7-11,17-18,21-22,26H,6,12-16H2,1-5H3,(H2,28,34)(H,29,35)(H,30,31)/t18-,21+,22-,26-/m0/s1. The van der Waals surface area contributed by atoms with Crippen molar-refractivity contribution in [1.29, 1.82) is 0 Å². The summed E-state index contributed by atoms with van der Waals surface area (Å²) in [7, 11) is 0. The third-order valence-electron chi connectivity index (χ3n) is 6.37. The Bertz CT molecular complexity index is 869. The van der Waals surface area contributed by atoms with Crippen molar-refractivity contribution in [1.82, 2.24) is 10.6 Å². The van der Waals surface area contributed by atoms with Crippen LogP contribution in [0.15, 0.2) is 30.3 Å². The summed E-state index contributed by atoms with van der Waals surface area (Å²) in [5.41, 5.74) is 6.07. The van der Waals surface area contributed by atoms with Crippen molar-refractivity contribution in [3.8, 4) is 0 Å². The zero-order valence-corrected chi connectivity index (χ0v) is 21.6. The zero-order chi connectivity index (χ0) is 26.5. The molecule has 8 nitrogen and oxygen atoms in total. The highest BCUT2D eigenvalue weighted by atomic mass is 16.2. The molecular weight excluding hydrogens is 446 g/mol. The molecule has 35 heavy (non-hydrogen) atoms. The molecule has 0 aliphatic heterocycles. The van der Waals surface area contributed by atoms with Crippen LogP contribution in [-0.4, -0.2) is 41.9 Å². The van der Waals surface area contributed by atoms with E-state index >= 15 is 0 Å². The van der Waals surface area contributed by atoms with Crippen LogP contribution in [0.3, 0.4) is 0 Å². The Hall–Kier alpha value is -3.03. The van der Waals surface area contributed by atoms with E-state index in [9.17, 15) is 24.0 Å². The van der Waals surface area contributed by atoms with Gasteiger partial charge in [-0.05, 0) is 23.8 Å². The number of hydrogen-bond donors (Lipinski definition) is 3. The number of benzene rings is 1. The molecule has 3 amide bonds. The maximum absolute atomic E-state index is 13.4. The van der Waals surface area contributed by atoms with Gasteiger partial charge in [-0.15, -0.1) is 0 Å². The molecule has 0 radical (unpaired) electrons. The molecule has 0 saturated carbocycles. The minimum absolute atomic E-state index is 0.00708. The van der Waals surface area contributed by atoms with E-state index in [1.807, 2.05) is 58.0 Å². The molecule has 194 valence electrons. The van der Waals surface area contributed by atoms with Crippen LogP contribution >= 0.6 is 0 Å². The van der Waals surface area contributed by atoms with Gasteiger partial charge in [0.2, 0.25) is 17.7 Å². The van der Waals surface area contributed by atoms with Gasteiger partial charge in [-0.1, -0.05) is 64.4 Å². The molecule has 0 saturated heterocycles. The molecule has 0 spiro atoms. The summed E-state index contributed by atoms with van der Waals surface area (Å²) >= 11 is 0. The Morgan fingerprint density at radius 1 is 0.943 bits per heavy atom. The lowest BCUT2D eigenvalue weighted by atomic mass is 9.79. The molecule has 0 unspecified atom stereocenters. The number of nitrogens with one attached hydrogen (secondary N) is 2. The van der Waals surface area contributed by atoms with E-state index in [0.29, 0.717) is 12.8 Å². The predicted octanol–water partition coefficient (Wildman–Crippen LogP) is 2.58. The van der Waals surface area contributed by atoms with Gasteiger partial charge in [0.25, 0.3) is 0 Å². The molecule has 0 fully saturated rings. The largest absolute Gasteiger partial charge is 0.370 e. The van der Waals surface area contributed by atoms with Crippen molar-refractivity contribution in [2.24, 2.45) is 29.4 Å². The first-order valence-corrected chi connectivity index (χ1v) is 12.4. The molecule has 4 N–H and O–H groups in total. The number of nitrogens with two attached hydrogens (primary N) is 1. The molecule has 0 heterocycles. The van der Waals surface area contributed by atoms with Gasteiger partial charge >= 0.3 is 0 Å². The molecule has 0 aliphatic rings. The minimum atomic E-state index is -0.649. The molecule has 1 rings (SSSR count). The van der Waals surface area contributed by atoms with E-state index in [1.165, 1.54) is 6.92 Å². The first-order chi connectivity index (χ1) is 16.5. The quantitative estimate of drug-likeness (QED) is 0.329. The minimum Gasteiger partial charge on any atom is -0.370 e. The number of carbonyl (C=O) groups is 5. The monoisotopic (exact) mass is 487 g/mol. The zero-order valence-electron chi connectivity index (χ0n) is 21.6. The van der Waals surface area contributed by atoms with Gasteiger partial charge in [0, 0.05) is 44.6 Å². The van der Waals surface area contributed by atoms with Crippen molar-refractivity contribution in [3.05, 3.63) is 35.9 Å². The van der Waals surface area contributed by atoms with Crippen LogP contribution in [0.1, 0.15) is 65.9 Å². The third kappa shape index (κ3) is 10.8. The fraction of sp³-hybridized carbons (Fsp3) is 0.593. The Morgan fingerprint density at radius 3 is 2.09 bits per heavy atom. The molecule has 0 bridgehead atoms. The van der Waals surface area contributed by atoms with Crippen LogP contribution in [-0.2, 0) is 30.4 Å². The van der Waals surface area contributed by atoms with Crippen molar-refractivity contribution in [2.45, 2.75) is 72.8 Å². The van der Waals surface area contributed by atoms with Crippen LogP contribution in [0.4, 0.5) is 0 Å². The van der Waals surface area contributed by atoms with E-state index in [-0.39, 0.29) is 61.0 Å². The Labute approximate surface area is 208 Å². The summed E-state index contributed by atoms with van der Waals surface area (Å²) in [4.78, 5) is 62.1.